The maximum atomic E-state index is 11.3. The highest BCUT2D eigenvalue weighted by atomic mass is 32.2. The van der Waals surface area contributed by atoms with Crippen molar-refractivity contribution in [1.82, 2.24) is 10.4 Å². The number of aromatic nitrogens is 1. The van der Waals surface area contributed by atoms with Gasteiger partial charge in [0.25, 0.3) is 10.1 Å². The van der Waals surface area contributed by atoms with Crippen molar-refractivity contribution in [1.29, 1.82) is 0 Å². The topological polar surface area (TPSA) is 118 Å². The van der Waals surface area contributed by atoms with Crippen LogP contribution in [-0.4, -0.2) is 28.8 Å². The van der Waals surface area contributed by atoms with Crippen LogP contribution in [0.25, 0.3) is 0 Å². The first-order valence-corrected chi connectivity index (χ1v) is 7.85. The molecule has 0 fully saturated rings. The quantitative estimate of drug-likeness (QED) is 0.329. The Balaban J connectivity index is 2.55. The van der Waals surface area contributed by atoms with E-state index in [4.69, 9.17) is 22.5 Å². The van der Waals surface area contributed by atoms with E-state index < -0.39 is 10.1 Å². The molecule has 0 saturated carbocycles. The first-order valence-electron chi connectivity index (χ1n) is 6.00. The van der Waals surface area contributed by atoms with Crippen LogP contribution in [0, 0.1) is 0 Å². The van der Waals surface area contributed by atoms with Gasteiger partial charge in [-0.05, 0) is 36.5 Å². The van der Waals surface area contributed by atoms with Crippen LogP contribution in [0.3, 0.4) is 0 Å². The zero-order valence-electron chi connectivity index (χ0n) is 11.2. The highest BCUT2D eigenvalue weighted by Crippen LogP contribution is 2.14. The minimum Gasteiger partial charge on any atom is -0.375 e. The number of benzene rings is 1. The van der Waals surface area contributed by atoms with E-state index in [-0.39, 0.29) is 10.0 Å². The van der Waals surface area contributed by atoms with Crippen molar-refractivity contribution in [3.63, 3.8) is 0 Å². The monoisotopic (exact) mass is 336 g/mol. The van der Waals surface area contributed by atoms with Crippen molar-refractivity contribution in [3.8, 4) is 0 Å². The van der Waals surface area contributed by atoms with Crippen molar-refractivity contribution in [2.24, 2.45) is 10.8 Å². The average molecular weight is 336 g/mol. The fourth-order valence-corrected chi connectivity index (χ4v) is 2.26. The average Bonchev–Trinajstić information content (AvgIpc) is 2.48. The van der Waals surface area contributed by atoms with E-state index in [2.05, 4.69) is 15.5 Å². The SMILES string of the molecule is NC(=S)NN=C(c1cccc(S(=O)(=O)O)c1)c1ccccn1. The smallest absolute Gasteiger partial charge is 0.294 e. The van der Waals surface area contributed by atoms with E-state index in [0.717, 1.165) is 0 Å². The molecule has 4 N–H and O–H groups in total. The molecule has 2 aromatic rings. The van der Waals surface area contributed by atoms with Crippen LogP contribution in [0.4, 0.5) is 0 Å². The lowest BCUT2D eigenvalue weighted by atomic mass is 10.1. The lowest BCUT2D eigenvalue weighted by Crippen LogP contribution is -2.26. The molecule has 0 aliphatic rings. The van der Waals surface area contributed by atoms with E-state index in [1.54, 1.807) is 30.5 Å². The highest BCUT2D eigenvalue weighted by molar-refractivity contribution is 7.85. The molecule has 9 heteroatoms. The predicted molar refractivity (Wildman–Crippen MR) is 86.1 cm³/mol. The second kappa shape index (κ2) is 6.60. The van der Waals surface area contributed by atoms with Gasteiger partial charge < -0.3 is 5.73 Å². The zero-order chi connectivity index (χ0) is 16.2. The maximum absolute atomic E-state index is 11.3. The van der Waals surface area contributed by atoms with E-state index in [9.17, 15) is 8.42 Å². The normalized spacial score (nSPS) is 12.0. The van der Waals surface area contributed by atoms with Gasteiger partial charge in [-0.25, -0.2) is 0 Å². The third-order valence-electron chi connectivity index (χ3n) is 2.59. The van der Waals surface area contributed by atoms with Gasteiger partial charge >= 0.3 is 0 Å². The van der Waals surface area contributed by atoms with Crippen molar-refractivity contribution in [3.05, 3.63) is 59.9 Å². The first kappa shape index (κ1) is 16.0. The summed E-state index contributed by atoms with van der Waals surface area (Å²) in [7, 11) is -4.32. The fourth-order valence-electron chi connectivity index (χ4n) is 1.69. The highest BCUT2D eigenvalue weighted by Gasteiger charge is 2.14. The Morgan fingerprint density at radius 2 is 2.05 bits per heavy atom. The summed E-state index contributed by atoms with van der Waals surface area (Å²) in [4.78, 5) is 3.91. The van der Waals surface area contributed by atoms with Crippen LogP contribution in [0.2, 0.25) is 0 Å². The molecule has 1 aromatic heterocycles. The molecule has 0 bridgehead atoms. The van der Waals surface area contributed by atoms with Crippen molar-refractivity contribution in [2.45, 2.75) is 4.90 Å². The molecule has 0 saturated heterocycles. The number of rotatable bonds is 4. The molecular formula is C13H12N4O3S2. The van der Waals surface area contributed by atoms with Gasteiger partial charge in [-0.15, -0.1) is 0 Å². The van der Waals surface area contributed by atoms with Gasteiger partial charge in [0.1, 0.15) is 5.71 Å². The summed E-state index contributed by atoms with van der Waals surface area (Å²) in [6, 6.07) is 10.9. The van der Waals surface area contributed by atoms with Crippen LogP contribution in [0.15, 0.2) is 58.7 Å². The Labute approximate surface area is 132 Å². The number of nitrogens with zero attached hydrogens (tertiary/aromatic N) is 2. The maximum Gasteiger partial charge on any atom is 0.294 e. The van der Waals surface area contributed by atoms with Gasteiger partial charge in [0.15, 0.2) is 5.11 Å². The number of hydrogen-bond acceptors (Lipinski definition) is 5. The summed E-state index contributed by atoms with van der Waals surface area (Å²) in [6.07, 6.45) is 1.57. The summed E-state index contributed by atoms with van der Waals surface area (Å²) in [5.41, 5.74) is 9.04. The summed E-state index contributed by atoms with van der Waals surface area (Å²) in [6.45, 7) is 0. The van der Waals surface area contributed by atoms with Gasteiger partial charge in [0, 0.05) is 11.8 Å². The number of nitrogens with two attached hydrogens (primary N) is 1. The predicted octanol–water partition coefficient (Wildman–Crippen LogP) is 0.914. The summed E-state index contributed by atoms with van der Waals surface area (Å²) >= 11 is 4.70. The van der Waals surface area contributed by atoms with E-state index in [1.165, 1.54) is 18.2 Å². The molecule has 0 aliphatic carbocycles. The second-order valence-corrected chi connectivity index (χ2v) is 6.02. The summed E-state index contributed by atoms with van der Waals surface area (Å²) in [5.74, 6) is 0. The van der Waals surface area contributed by atoms with Crippen LogP contribution < -0.4 is 11.2 Å². The molecule has 0 atom stereocenters. The molecule has 2 rings (SSSR count). The number of hydrazone groups is 1. The van der Waals surface area contributed by atoms with Crippen molar-refractivity contribution < 1.29 is 13.0 Å². The van der Waals surface area contributed by atoms with Crippen LogP contribution >= 0.6 is 12.2 Å². The number of hydrogen-bond donors (Lipinski definition) is 3. The summed E-state index contributed by atoms with van der Waals surface area (Å²) < 4.78 is 31.7. The Morgan fingerprint density at radius 1 is 1.27 bits per heavy atom. The molecule has 0 amide bonds. The standard InChI is InChI=1S/C13H12N4O3S2/c14-13(21)17-16-12(11-6-1-2-7-15-11)9-4-3-5-10(8-9)22(18,19)20/h1-8H,(H3,14,17,21)(H,18,19,20). The lowest BCUT2D eigenvalue weighted by molar-refractivity contribution is 0.483. The van der Waals surface area contributed by atoms with E-state index >= 15 is 0 Å². The largest absolute Gasteiger partial charge is 0.375 e. The van der Waals surface area contributed by atoms with Crippen LogP contribution in [0.5, 0.6) is 0 Å². The van der Waals surface area contributed by atoms with Crippen LogP contribution in [-0.2, 0) is 10.1 Å². The number of nitrogens with one attached hydrogen (secondary N) is 1. The summed E-state index contributed by atoms with van der Waals surface area (Å²) in [5, 5.41) is 4.01. The van der Waals surface area contributed by atoms with Crippen molar-refractivity contribution >= 4 is 33.2 Å². The molecule has 22 heavy (non-hydrogen) atoms. The molecule has 0 aliphatic heterocycles. The van der Waals surface area contributed by atoms with Gasteiger partial charge in [0.05, 0.1) is 10.6 Å². The molecule has 7 nitrogen and oxygen atoms in total. The molecule has 0 unspecified atom stereocenters. The fraction of sp³-hybridized carbons (Fsp3) is 0. The number of thiocarbonyl (C=S) groups is 1. The molecule has 1 aromatic carbocycles. The molecule has 1 heterocycles. The van der Waals surface area contributed by atoms with Gasteiger partial charge in [-0.3, -0.25) is 15.0 Å². The second-order valence-electron chi connectivity index (χ2n) is 4.15. The molecule has 0 radical (unpaired) electrons. The Bertz CT molecular complexity index is 820. The van der Waals surface area contributed by atoms with Gasteiger partial charge in [0.2, 0.25) is 0 Å². The molecule has 114 valence electrons. The van der Waals surface area contributed by atoms with E-state index in [1.807, 2.05) is 0 Å². The first-order chi connectivity index (χ1) is 10.4. The van der Waals surface area contributed by atoms with Crippen LogP contribution in [0.1, 0.15) is 11.3 Å². The lowest BCUT2D eigenvalue weighted by Gasteiger charge is -2.08. The number of pyridine rings is 1. The Kier molecular flexibility index (Phi) is 4.81. The molecule has 0 spiro atoms. The zero-order valence-corrected chi connectivity index (χ0v) is 12.8. The minimum absolute atomic E-state index is 0.0423. The third kappa shape index (κ3) is 4.07. The van der Waals surface area contributed by atoms with Gasteiger partial charge in [-0.1, -0.05) is 18.2 Å². The molecular weight excluding hydrogens is 324 g/mol. The van der Waals surface area contributed by atoms with E-state index in [0.29, 0.717) is 17.0 Å². The van der Waals surface area contributed by atoms with Crippen molar-refractivity contribution in [2.75, 3.05) is 0 Å². The third-order valence-corrected chi connectivity index (χ3v) is 3.53. The Morgan fingerprint density at radius 3 is 2.64 bits per heavy atom. The van der Waals surface area contributed by atoms with Gasteiger partial charge in [-0.2, -0.15) is 13.5 Å². The Hall–Kier alpha value is -2.36. The minimum atomic E-state index is -4.32.